The number of hydrogen-bond acceptors (Lipinski definition) is 8. The van der Waals surface area contributed by atoms with E-state index in [0.717, 1.165) is 0 Å². The van der Waals surface area contributed by atoms with Crippen molar-refractivity contribution in [2.45, 2.75) is 91.6 Å². The molecule has 2 rings (SSSR count). The van der Waals surface area contributed by atoms with Gasteiger partial charge in [-0.3, -0.25) is 4.79 Å². The van der Waals surface area contributed by atoms with Crippen molar-refractivity contribution in [2.24, 2.45) is 23.2 Å². The summed E-state index contributed by atoms with van der Waals surface area (Å²) in [7, 11) is 1.50. The summed E-state index contributed by atoms with van der Waals surface area (Å²) in [6, 6.07) is 0. The molecule has 0 amide bonds. The topological polar surface area (TPSA) is 104 Å². The van der Waals surface area contributed by atoms with Gasteiger partial charge in [-0.1, -0.05) is 20.8 Å². The van der Waals surface area contributed by atoms with Crippen LogP contribution >= 0.6 is 0 Å². The van der Waals surface area contributed by atoms with Crippen molar-refractivity contribution >= 4 is 5.97 Å². The largest absolute Gasteiger partial charge is 0.456 e. The predicted molar refractivity (Wildman–Crippen MR) is 105 cm³/mol. The van der Waals surface area contributed by atoms with Gasteiger partial charge in [-0.2, -0.15) is 0 Å². The molecule has 2 aliphatic rings. The second-order valence-electron chi connectivity index (χ2n) is 9.46. The second-order valence-corrected chi connectivity index (χ2v) is 9.46. The van der Waals surface area contributed by atoms with Crippen LogP contribution in [0.2, 0.25) is 0 Å². The maximum Gasteiger partial charge on any atom is 0.311 e. The quantitative estimate of drug-likeness (QED) is 0.651. The first kappa shape index (κ1) is 24.5. The van der Waals surface area contributed by atoms with E-state index in [9.17, 15) is 15.0 Å². The maximum atomic E-state index is 12.6. The third-order valence-corrected chi connectivity index (χ3v) is 6.24. The lowest BCUT2D eigenvalue weighted by atomic mass is 9.83. The lowest BCUT2D eigenvalue weighted by Gasteiger charge is -2.48. The molecule has 2 N–H and O–H groups in total. The molecule has 170 valence electrons. The van der Waals surface area contributed by atoms with Crippen LogP contribution in [0.25, 0.3) is 0 Å². The summed E-state index contributed by atoms with van der Waals surface area (Å²) in [6.07, 6.45) is -4.86. The van der Waals surface area contributed by atoms with E-state index in [-0.39, 0.29) is 36.4 Å². The molecule has 0 saturated carbocycles. The molecule has 4 unspecified atom stereocenters. The Morgan fingerprint density at radius 2 is 1.59 bits per heavy atom. The van der Waals surface area contributed by atoms with E-state index in [1.54, 1.807) is 20.8 Å². The van der Waals surface area contributed by atoms with Crippen LogP contribution in [0.5, 0.6) is 0 Å². The molecular weight excluding hydrogens is 380 g/mol. The van der Waals surface area contributed by atoms with Crippen molar-refractivity contribution in [3.05, 3.63) is 0 Å². The van der Waals surface area contributed by atoms with Crippen LogP contribution in [0, 0.1) is 23.2 Å². The van der Waals surface area contributed by atoms with Crippen LogP contribution in [0.4, 0.5) is 0 Å². The average Bonchev–Trinajstić information content (AvgIpc) is 2.65. The molecule has 0 aromatic heterocycles. The molecule has 0 aliphatic carbocycles. The third kappa shape index (κ3) is 5.29. The second kappa shape index (κ2) is 9.58. The first-order valence-electron chi connectivity index (χ1n) is 10.4. The van der Waals surface area contributed by atoms with E-state index in [2.05, 4.69) is 6.92 Å². The van der Waals surface area contributed by atoms with Gasteiger partial charge in [0.05, 0.1) is 24.2 Å². The third-order valence-electron chi connectivity index (χ3n) is 6.24. The minimum atomic E-state index is -1.08. The number of methoxy groups -OCH3 is 1. The highest BCUT2D eigenvalue weighted by molar-refractivity contribution is 5.75. The number of esters is 1. The van der Waals surface area contributed by atoms with Gasteiger partial charge in [0.1, 0.15) is 12.2 Å². The predicted octanol–water partition coefficient (Wildman–Crippen LogP) is 1.71. The highest BCUT2D eigenvalue weighted by Crippen LogP contribution is 2.37. The van der Waals surface area contributed by atoms with E-state index in [0.29, 0.717) is 0 Å². The Morgan fingerprint density at radius 1 is 0.966 bits per heavy atom. The molecule has 0 aromatic rings. The molecule has 0 bridgehead atoms. The Balaban J connectivity index is 2.26. The van der Waals surface area contributed by atoms with E-state index in [1.165, 1.54) is 7.11 Å². The van der Waals surface area contributed by atoms with E-state index in [4.69, 9.17) is 23.7 Å². The number of rotatable bonds is 5. The van der Waals surface area contributed by atoms with Crippen molar-refractivity contribution in [1.29, 1.82) is 0 Å². The zero-order chi connectivity index (χ0) is 22.1. The van der Waals surface area contributed by atoms with Crippen LogP contribution in [0.1, 0.15) is 48.5 Å². The summed E-state index contributed by atoms with van der Waals surface area (Å²) in [6.45, 7) is 12.9. The SMILES string of the molecule is CO[C@H]1OC(CO)[C@@H](O)[C@H](O[C@@H]2OC(C)[C@@H](C)[C@H](C)C2OC(=O)C(C)(C)C)C1C. The van der Waals surface area contributed by atoms with Gasteiger partial charge in [-0.15, -0.1) is 0 Å². The van der Waals surface area contributed by atoms with Gasteiger partial charge in [-0.05, 0) is 33.6 Å². The lowest BCUT2D eigenvalue weighted by Crippen LogP contribution is -2.60. The number of carbonyl (C=O) groups is 1. The van der Waals surface area contributed by atoms with Gasteiger partial charge < -0.3 is 33.9 Å². The average molecular weight is 419 g/mol. The fraction of sp³-hybridized carbons (Fsp3) is 0.952. The summed E-state index contributed by atoms with van der Waals surface area (Å²) < 4.78 is 29.1. The maximum absolute atomic E-state index is 12.6. The van der Waals surface area contributed by atoms with E-state index >= 15 is 0 Å². The summed E-state index contributed by atoms with van der Waals surface area (Å²) in [5, 5.41) is 20.3. The van der Waals surface area contributed by atoms with Crippen molar-refractivity contribution in [3.8, 4) is 0 Å². The molecule has 0 radical (unpaired) electrons. The van der Waals surface area contributed by atoms with Crippen LogP contribution < -0.4 is 0 Å². The number of hydrogen-bond donors (Lipinski definition) is 2. The van der Waals surface area contributed by atoms with Gasteiger partial charge in [-0.25, -0.2) is 0 Å². The first-order chi connectivity index (χ1) is 13.4. The Kier molecular flexibility index (Phi) is 8.09. The standard InChI is InChI=1S/C21H38O8/c1-10-11(2)17(29-20(24)21(5,6)7)19(26-13(10)4)28-16-12(3)18(25-8)27-14(9-22)15(16)23/h10-19,22-23H,9H2,1-8H3/t10-,11-,12?,13?,14?,15+,16+,17?,18-,19-/m0/s1. The summed E-state index contributed by atoms with van der Waals surface area (Å²) >= 11 is 0. The van der Waals surface area contributed by atoms with Crippen molar-refractivity contribution in [3.63, 3.8) is 0 Å². The number of ether oxygens (including phenoxy) is 5. The normalized spacial score (nSPS) is 43.8. The van der Waals surface area contributed by atoms with Gasteiger partial charge in [0, 0.05) is 18.9 Å². The highest BCUT2D eigenvalue weighted by atomic mass is 16.7. The van der Waals surface area contributed by atoms with Crippen LogP contribution in [-0.2, 0) is 28.5 Å². The molecule has 8 heteroatoms. The van der Waals surface area contributed by atoms with Crippen molar-refractivity contribution in [1.82, 2.24) is 0 Å². The summed E-state index contributed by atoms with van der Waals surface area (Å²) in [5.41, 5.74) is -0.662. The van der Waals surface area contributed by atoms with Crippen LogP contribution in [0.15, 0.2) is 0 Å². The molecule has 29 heavy (non-hydrogen) atoms. The lowest BCUT2D eigenvalue weighted by molar-refractivity contribution is -0.338. The highest BCUT2D eigenvalue weighted by Gasteiger charge is 2.49. The molecule has 10 atom stereocenters. The Labute approximate surface area is 173 Å². The zero-order valence-corrected chi connectivity index (χ0v) is 18.8. The van der Waals surface area contributed by atoms with E-state index in [1.807, 2.05) is 20.8 Å². The van der Waals surface area contributed by atoms with Gasteiger partial charge >= 0.3 is 5.97 Å². The van der Waals surface area contributed by atoms with Crippen molar-refractivity contribution < 1.29 is 38.7 Å². The van der Waals surface area contributed by atoms with Crippen LogP contribution in [-0.4, -0.2) is 73.0 Å². The molecule has 0 spiro atoms. The van der Waals surface area contributed by atoms with E-state index < -0.39 is 42.4 Å². The number of aliphatic hydroxyl groups is 2. The number of carbonyl (C=O) groups excluding carboxylic acids is 1. The molecule has 2 fully saturated rings. The molecule has 8 nitrogen and oxygen atoms in total. The molecule has 2 aliphatic heterocycles. The summed E-state index contributed by atoms with van der Waals surface area (Å²) in [5.74, 6) is -0.516. The monoisotopic (exact) mass is 418 g/mol. The van der Waals surface area contributed by atoms with Gasteiger partial charge in [0.25, 0.3) is 0 Å². The molecule has 2 saturated heterocycles. The van der Waals surface area contributed by atoms with Crippen molar-refractivity contribution in [2.75, 3.05) is 13.7 Å². The van der Waals surface area contributed by atoms with Crippen LogP contribution in [0.3, 0.4) is 0 Å². The molecule has 0 aromatic carbocycles. The smallest absolute Gasteiger partial charge is 0.311 e. The Hall–Kier alpha value is -0.770. The first-order valence-corrected chi connectivity index (χ1v) is 10.4. The number of aliphatic hydroxyl groups excluding tert-OH is 2. The minimum absolute atomic E-state index is 0.00537. The van der Waals surface area contributed by atoms with Gasteiger partial charge in [0.2, 0.25) is 0 Å². The van der Waals surface area contributed by atoms with Gasteiger partial charge in [0.15, 0.2) is 18.7 Å². The molecule has 2 heterocycles. The molecular formula is C21H38O8. The minimum Gasteiger partial charge on any atom is -0.456 e. The Morgan fingerprint density at radius 3 is 2.10 bits per heavy atom. The fourth-order valence-corrected chi connectivity index (χ4v) is 3.79. The summed E-state index contributed by atoms with van der Waals surface area (Å²) in [4.78, 5) is 12.6. The fourth-order valence-electron chi connectivity index (χ4n) is 3.79. The zero-order valence-electron chi connectivity index (χ0n) is 18.8. The Bertz CT molecular complexity index is 531.